The van der Waals surface area contributed by atoms with Crippen molar-refractivity contribution in [3.05, 3.63) is 168 Å². The molecule has 0 saturated heterocycles. The third-order valence-corrected chi connectivity index (χ3v) is 6.74. The lowest BCUT2D eigenvalue weighted by Crippen LogP contribution is -2.36. The first-order chi connectivity index (χ1) is 20.6. The molecule has 4 nitrogen and oxygen atoms in total. The number of hydrogen-bond acceptors (Lipinski definition) is 4. The molecule has 0 aromatic heterocycles. The highest BCUT2D eigenvalue weighted by molar-refractivity contribution is 5.49. The van der Waals surface area contributed by atoms with Crippen molar-refractivity contribution in [2.45, 2.75) is 39.0 Å². The Kier molecular flexibility index (Phi) is 11.8. The van der Waals surface area contributed by atoms with E-state index in [0.717, 1.165) is 44.5 Å². The Hall–Kier alpha value is -4.32. The van der Waals surface area contributed by atoms with E-state index in [4.69, 9.17) is 18.9 Å². The third kappa shape index (κ3) is 9.37. The second-order valence-electron chi connectivity index (χ2n) is 9.76. The molecule has 214 valence electrons. The molecule has 0 fully saturated rings. The summed E-state index contributed by atoms with van der Waals surface area (Å²) in [7, 11) is 0. The van der Waals surface area contributed by atoms with E-state index in [1.807, 2.05) is 121 Å². The minimum absolute atomic E-state index is 0.322. The molecule has 4 rings (SSSR count). The van der Waals surface area contributed by atoms with Crippen molar-refractivity contribution >= 4 is 24.3 Å². The molecule has 4 aromatic rings. The summed E-state index contributed by atoms with van der Waals surface area (Å²) in [4.78, 5) is 0. The van der Waals surface area contributed by atoms with Gasteiger partial charge in [0.25, 0.3) is 0 Å². The lowest BCUT2D eigenvalue weighted by Gasteiger charge is -2.28. The summed E-state index contributed by atoms with van der Waals surface area (Å²) in [5.74, 6) is 0. The Balaban J connectivity index is 1.53. The third-order valence-electron chi connectivity index (χ3n) is 6.74. The normalized spacial score (nSPS) is 11.0. The molecule has 0 aliphatic carbocycles. The van der Waals surface area contributed by atoms with Crippen LogP contribution in [-0.2, 0) is 45.4 Å². The van der Waals surface area contributed by atoms with Crippen LogP contribution in [0, 0.1) is 0 Å². The first-order valence-corrected chi connectivity index (χ1v) is 13.9. The fraction of sp³-hybridized carbons (Fsp3) is 0.158. The van der Waals surface area contributed by atoms with Gasteiger partial charge in [0.15, 0.2) is 0 Å². The van der Waals surface area contributed by atoms with E-state index in [0.29, 0.717) is 26.4 Å². The SMILES string of the molecule is C=Cc1ccc(COC(OCc2ccc(C=C)cc2)C(OCc2ccc(C=C)cc2)OCc2ccc(C=C)cc2)cc1. The molecule has 0 spiro atoms. The summed E-state index contributed by atoms with van der Waals surface area (Å²) >= 11 is 0. The van der Waals surface area contributed by atoms with Crippen LogP contribution in [0.15, 0.2) is 123 Å². The zero-order valence-corrected chi connectivity index (χ0v) is 24.0. The Labute approximate surface area is 249 Å². The van der Waals surface area contributed by atoms with Crippen LogP contribution in [0.3, 0.4) is 0 Å². The van der Waals surface area contributed by atoms with Crippen molar-refractivity contribution in [1.82, 2.24) is 0 Å². The lowest BCUT2D eigenvalue weighted by atomic mass is 10.1. The van der Waals surface area contributed by atoms with Gasteiger partial charge in [-0.1, -0.05) is 148 Å². The Bertz CT molecular complexity index is 1190. The summed E-state index contributed by atoms with van der Waals surface area (Å²) in [5.41, 5.74) is 8.19. The van der Waals surface area contributed by atoms with Crippen molar-refractivity contribution in [2.75, 3.05) is 0 Å². The number of hydrogen-bond donors (Lipinski definition) is 0. The predicted molar refractivity (Wildman–Crippen MR) is 173 cm³/mol. The van der Waals surface area contributed by atoms with Gasteiger partial charge in [-0.3, -0.25) is 0 Å². The smallest absolute Gasteiger partial charge is 0.210 e. The van der Waals surface area contributed by atoms with Gasteiger partial charge >= 0.3 is 0 Å². The quantitative estimate of drug-likeness (QED) is 0.121. The molecule has 42 heavy (non-hydrogen) atoms. The van der Waals surface area contributed by atoms with E-state index < -0.39 is 12.6 Å². The monoisotopic (exact) mass is 558 g/mol. The number of rotatable bonds is 17. The van der Waals surface area contributed by atoms with Gasteiger partial charge in [-0.25, -0.2) is 0 Å². The minimum Gasteiger partial charge on any atom is -0.343 e. The van der Waals surface area contributed by atoms with Crippen LogP contribution in [0.5, 0.6) is 0 Å². The van der Waals surface area contributed by atoms with Crippen LogP contribution < -0.4 is 0 Å². The fourth-order valence-electron chi connectivity index (χ4n) is 4.12. The van der Waals surface area contributed by atoms with Crippen molar-refractivity contribution < 1.29 is 18.9 Å². The molecule has 0 radical (unpaired) electrons. The molecule has 4 heteroatoms. The van der Waals surface area contributed by atoms with Crippen LogP contribution >= 0.6 is 0 Å². The van der Waals surface area contributed by atoms with E-state index in [1.54, 1.807) is 0 Å². The topological polar surface area (TPSA) is 36.9 Å². The zero-order valence-electron chi connectivity index (χ0n) is 24.0. The molecule has 0 aliphatic heterocycles. The van der Waals surface area contributed by atoms with Gasteiger partial charge in [-0.2, -0.15) is 0 Å². The molecule has 0 N–H and O–H groups in total. The van der Waals surface area contributed by atoms with Crippen molar-refractivity contribution in [3.63, 3.8) is 0 Å². The van der Waals surface area contributed by atoms with Crippen molar-refractivity contribution in [1.29, 1.82) is 0 Å². The van der Waals surface area contributed by atoms with E-state index in [2.05, 4.69) is 26.3 Å². The molecular formula is C38H38O4. The lowest BCUT2D eigenvalue weighted by molar-refractivity contribution is -0.299. The van der Waals surface area contributed by atoms with E-state index in [9.17, 15) is 0 Å². The average Bonchev–Trinajstić information content (AvgIpc) is 3.06. The molecule has 0 saturated carbocycles. The highest BCUT2D eigenvalue weighted by Gasteiger charge is 2.26. The largest absolute Gasteiger partial charge is 0.343 e. The van der Waals surface area contributed by atoms with Gasteiger partial charge in [0, 0.05) is 0 Å². The van der Waals surface area contributed by atoms with Crippen LogP contribution in [0.4, 0.5) is 0 Å². The summed E-state index contributed by atoms with van der Waals surface area (Å²) < 4.78 is 25.4. The summed E-state index contributed by atoms with van der Waals surface area (Å²) in [6, 6.07) is 32.2. The number of benzene rings is 4. The van der Waals surface area contributed by atoms with Crippen LogP contribution in [-0.4, -0.2) is 12.6 Å². The van der Waals surface area contributed by atoms with Gasteiger partial charge in [-0.05, 0) is 44.5 Å². The van der Waals surface area contributed by atoms with Crippen molar-refractivity contribution in [3.8, 4) is 0 Å². The highest BCUT2D eigenvalue weighted by Crippen LogP contribution is 2.19. The second-order valence-corrected chi connectivity index (χ2v) is 9.76. The van der Waals surface area contributed by atoms with Crippen LogP contribution in [0.1, 0.15) is 44.5 Å². The fourth-order valence-corrected chi connectivity index (χ4v) is 4.12. The first kappa shape index (κ1) is 30.6. The second kappa shape index (κ2) is 16.2. The molecule has 0 bridgehead atoms. The zero-order chi connectivity index (χ0) is 29.6. The first-order valence-electron chi connectivity index (χ1n) is 13.9. The maximum atomic E-state index is 6.34. The standard InChI is InChI=1S/C38H38O4/c1-5-29-9-17-33(18-10-29)25-39-37(40-26-34-19-11-30(6-2)12-20-34)38(41-27-35-21-13-31(7-3)14-22-35)42-28-36-23-15-32(8-4)16-24-36/h5-24,37-38H,1-4,25-28H2. The van der Waals surface area contributed by atoms with E-state index >= 15 is 0 Å². The summed E-state index contributed by atoms with van der Waals surface area (Å²) in [6.45, 7) is 16.6. The van der Waals surface area contributed by atoms with Crippen LogP contribution in [0.2, 0.25) is 0 Å². The molecule has 4 aromatic carbocycles. The Morgan fingerprint density at radius 3 is 0.714 bits per heavy atom. The van der Waals surface area contributed by atoms with Gasteiger partial charge < -0.3 is 18.9 Å². The van der Waals surface area contributed by atoms with Crippen LogP contribution in [0.25, 0.3) is 24.3 Å². The molecular weight excluding hydrogens is 520 g/mol. The minimum atomic E-state index is -0.803. The van der Waals surface area contributed by atoms with Gasteiger partial charge in [0.2, 0.25) is 12.6 Å². The average molecular weight is 559 g/mol. The Morgan fingerprint density at radius 1 is 0.357 bits per heavy atom. The molecule has 0 amide bonds. The molecule has 0 aliphatic rings. The summed E-state index contributed by atoms with van der Waals surface area (Å²) in [5, 5.41) is 0. The molecule has 0 unspecified atom stereocenters. The number of ether oxygens (including phenoxy) is 4. The Morgan fingerprint density at radius 2 is 0.548 bits per heavy atom. The summed E-state index contributed by atoms with van der Waals surface area (Å²) in [6.07, 6.45) is 5.65. The van der Waals surface area contributed by atoms with Gasteiger partial charge in [0.05, 0.1) is 26.4 Å². The predicted octanol–water partition coefficient (Wildman–Crippen LogP) is 9.08. The highest BCUT2D eigenvalue weighted by atomic mass is 16.8. The maximum Gasteiger partial charge on any atom is 0.210 e. The van der Waals surface area contributed by atoms with Gasteiger partial charge in [-0.15, -0.1) is 0 Å². The van der Waals surface area contributed by atoms with Gasteiger partial charge in [0.1, 0.15) is 0 Å². The van der Waals surface area contributed by atoms with E-state index in [1.165, 1.54) is 0 Å². The maximum absolute atomic E-state index is 6.34. The van der Waals surface area contributed by atoms with E-state index in [-0.39, 0.29) is 0 Å². The molecule has 0 heterocycles. The van der Waals surface area contributed by atoms with Crippen molar-refractivity contribution in [2.24, 2.45) is 0 Å². The molecule has 0 atom stereocenters.